The van der Waals surface area contributed by atoms with Gasteiger partial charge in [0.15, 0.2) is 0 Å². The van der Waals surface area contributed by atoms with Gasteiger partial charge in [0.05, 0.1) is 11.9 Å². The number of aromatic nitrogens is 4. The van der Waals surface area contributed by atoms with Crippen LogP contribution in [0.3, 0.4) is 0 Å². The number of rotatable bonds is 2. The Bertz CT molecular complexity index is 670. The van der Waals surface area contributed by atoms with Gasteiger partial charge in [0.2, 0.25) is 12.7 Å². The zero-order valence-electron chi connectivity index (χ0n) is 13.3. The van der Waals surface area contributed by atoms with Crippen LogP contribution >= 0.6 is 0 Å². The van der Waals surface area contributed by atoms with Gasteiger partial charge in [0, 0.05) is 13.8 Å². The zero-order chi connectivity index (χ0) is 17.9. The third-order valence-electron chi connectivity index (χ3n) is 2.72. The molecule has 2 heterocycles. The molecule has 0 aliphatic rings. The fourth-order valence-electron chi connectivity index (χ4n) is 1.47. The number of aromatic amines is 4. The lowest BCUT2D eigenvalue weighted by Crippen LogP contribution is -2.24. The smallest absolute Gasteiger partial charge is 0.239 e. The highest BCUT2D eigenvalue weighted by Crippen LogP contribution is 2.01. The first kappa shape index (κ1) is 18.6. The Labute approximate surface area is 138 Å². The normalized spacial score (nSPS) is 9.08. The van der Waals surface area contributed by atoms with Crippen LogP contribution in [-0.4, -0.2) is 21.9 Å². The molecule has 8 heteroatoms. The van der Waals surface area contributed by atoms with Crippen LogP contribution in [0, 0.1) is 13.8 Å². The van der Waals surface area contributed by atoms with Crippen molar-refractivity contribution in [2.45, 2.75) is 13.8 Å². The number of hydrogen-bond acceptors (Lipinski definition) is 4. The Morgan fingerprint density at radius 2 is 1.12 bits per heavy atom. The summed E-state index contributed by atoms with van der Waals surface area (Å²) in [5.41, 5.74) is 2.21. The summed E-state index contributed by atoms with van der Waals surface area (Å²) in [7, 11) is 0. The Morgan fingerprint density at radius 3 is 1.25 bits per heavy atom. The summed E-state index contributed by atoms with van der Waals surface area (Å²) in [5, 5.41) is 20.4. The quantitative estimate of drug-likeness (QED) is 0.601. The van der Waals surface area contributed by atoms with Crippen molar-refractivity contribution in [3.05, 3.63) is 71.8 Å². The molecule has 0 amide bonds. The maximum Gasteiger partial charge on any atom is 0.239 e. The monoisotopic (exact) mass is 330 g/mol. The first-order valence-electron chi connectivity index (χ1n) is 6.95. The molecular formula is C16H18N4O4. The van der Waals surface area contributed by atoms with Crippen LogP contribution in [0.2, 0.25) is 0 Å². The number of imidazole rings is 2. The van der Waals surface area contributed by atoms with Gasteiger partial charge >= 0.3 is 0 Å². The molecule has 0 saturated heterocycles. The highest BCUT2D eigenvalue weighted by atomic mass is 16.4. The molecular weight excluding hydrogens is 312 g/mol. The summed E-state index contributed by atoms with van der Waals surface area (Å²) in [4.78, 5) is 32.1. The number of carbonyl (C=O) groups is 2. The van der Waals surface area contributed by atoms with Crippen LogP contribution in [0.1, 0.15) is 32.1 Å². The van der Waals surface area contributed by atoms with Crippen LogP contribution in [0.25, 0.3) is 0 Å². The highest BCUT2D eigenvalue weighted by Gasteiger charge is 1.94. The predicted molar refractivity (Wildman–Crippen MR) is 79.3 cm³/mol. The Kier molecular flexibility index (Phi) is 7.43. The summed E-state index contributed by atoms with van der Waals surface area (Å²) >= 11 is 0. The van der Waals surface area contributed by atoms with Crippen LogP contribution in [-0.2, 0) is 0 Å². The number of aromatic carboxylic acids is 2. The fourth-order valence-corrected chi connectivity index (χ4v) is 1.47. The fraction of sp³-hybridized carbons (Fsp3) is 0.125. The summed E-state index contributed by atoms with van der Waals surface area (Å²) in [6.07, 6.45) is 7.38. The van der Waals surface area contributed by atoms with Crippen molar-refractivity contribution in [3.63, 3.8) is 0 Å². The SMILES string of the molecule is Cc1c[nH+]c[nH]1.Cc1c[nH+]c[nH]1.O=C([O-])c1ccc(C(=O)[O-])cc1. The van der Waals surface area contributed by atoms with E-state index >= 15 is 0 Å². The predicted octanol–water partition coefficient (Wildman–Crippen LogP) is -1.31. The number of carboxylic acid groups (broad SMARTS) is 2. The molecule has 0 bridgehead atoms. The Morgan fingerprint density at radius 1 is 0.792 bits per heavy atom. The van der Waals surface area contributed by atoms with E-state index in [-0.39, 0.29) is 11.1 Å². The average molecular weight is 330 g/mol. The van der Waals surface area contributed by atoms with Crippen molar-refractivity contribution < 1.29 is 29.8 Å². The van der Waals surface area contributed by atoms with Crippen LogP contribution < -0.4 is 20.2 Å². The molecule has 0 saturated carbocycles. The average Bonchev–Trinajstić information content (AvgIpc) is 3.22. The number of carbonyl (C=O) groups excluding carboxylic acids is 2. The minimum absolute atomic E-state index is 0.0556. The van der Waals surface area contributed by atoms with Crippen LogP contribution in [0.4, 0.5) is 0 Å². The van der Waals surface area contributed by atoms with Gasteiger partial charge in [-0.05, 0) is 11.1 Å². The van der Waals surface area contributed by atoms with Crippen molar-refractivity contribution in [1.82, 2.24) is 9.97 Å². The maximum atomic E-state index is 10.2. The van der Waals surface area contributed by atoms with Crippen molar-refractivity contribution in [3.8, 4) is 0 Å². The van der Waals surface area contributed by atoms with E-state index < -0.39 is 11.9 Å². The van der Waals surface area contributed by atoms with Gasteiger partial charge in [0.1, 0.15) is 23.8 Å². The van der Waals surface area contributed by atoms with E-state index in [2.05, 4.69) is 19.9 Å². The second-order valence-corrected chi connectivity index (χ2v) is 4.72. The molecule has 3 rings (SSSR count). The van der Waals surface area contributed by atoms with E-state index in [1.807, 2.05) is 26.2 Å². The van der Waals surface area contributed by atoms with Gasteiger partial charge < -0.3 is 19.8 Å². The van der Waals surface area contributed by atoms with Crippen LogP contribution in [0.15, 0.2) is 49.3 Å². The van der Waals surface area contributed by atoms with E-state index in [9.17, 15) is 19.8 Å². The number of hydrogen-bond donors (Lipinski definition) is 2. The molecule has 8 nitrogen and oxygen atoms in total. The number of nitrogens with one attached hydrogen (secondary N) is 4. The molecule has 0 unspecified atom stereocenters. The standard InChI is InChI=1S/C8H6O4.2C4H6N2/c9-7(10)5-1-2-6(4-3-5)8(11)12;2*1-4-2-5-3-6-4/h1-4H,(H,9,10)(H,11,12);2*2-3H,1H3,(H,5,6). The topological polar surface area (TPSA) is 140 Å². The lowest BCUT2D eigenvalue weighted by atomic mass is 10.1. The molecule has 0 aliphatic carbocycles. The molecule has 0 spiro atoms. The Hall–Kier alpha value is -3.42. The maximum absolute atomic E-state index is 10.2. The van der Waals surface area contributed by atoms with Crippen molar-refractivity contribution in [2.75, 3.05) is 0 Å². The molecule has 24 heavy (non-hydrogen) atoms. The second kappa shape index (κ2) is 9.57. The molecule has 126 valence electrons. The van der Waals surface area contributed by atoms with Gasteiger partial charge in [-0.15, -0.1) is 0 Å². The lowest BCUT2D eigenvalue weighted by Gasteiger charge is -2.04. The van der Waals surface area contributed by atoms with Gasteiger partial charge in [-0.1, -0.05) is 24.3 Å². The van der Waals surface area contributed by atoms with E-state index in [4.69, 9.17) is 0 Å². The largest absolute Gasteiger partial charge is 0.545 e. The first-order chi connectivity index (χ1) is 11.4. The molecule has 0 atom stereocenters. The van der Waals surface area contributed by atoms with E-state index in [0.717, 1.165) is 35.7 Å². The summed E-state index contributed by atoms with van der Waals surface area (Å²) in [5.74, 6) is -2.67. The van der Waals surface area contributed by atoms with Gasteiger partial charge in [-0.25, -0.2) is 9.97 Å². The minimum Gasteiger partial charge on any atom is -0.545 e. The van der Waals surface area contributed by atoms with Crippen molar-refractivity contribution in [1.29, 1.82) is 0 Å². The zero-order valence-corrected chi connectivity index (χ0v) is 13.3. The van der Waals surface area contributed by atoms with E-state index in [1.165, 1.54) is 0 Å². The van der Waals surface area contributed by atoms with Crippen LogP contribution in [0.5, 0.6) is 0 Å². The molecule has 3 aromatic rings. The lowest BCUT2D eigenvalue weighted by molar-refractivity contribution is -0.376. The third-order valence-corrected chi connectivity index (χ3v) is 2.72. The number of aryl methyl sites for hydroxylation is 2. The van der Waals surface area contributed by atoms with Crippen molar-refractivity contribution >= 4 is 11.9 Å². The third kappa shape index (κ3) is 7.03. The van der Waals surface area contributed by atoms with Gasteiger partial charge in [-0.3, -0.25) is 9.97 Å². The molecule has 0 aliphatic heterocycles. The number of benzene rings is 1. The molecule has 0 fully saturated rings. The molecule has 0 radical (unpaired) electrons. The molecule has 4 N–H and O–H groups in total. The van der Waals surface area contributed by atoms with E-state index in [1.54, 1.807) is 12.7 Å². The summed E-state index contributed by atoms with van der Waals surface area (Å²) in [6, 6.07) is 4.61. The minimum atomic E-state index is -1.33. The summed E-state index contributed by atoms with van der Waals surface area (Å²) < 4.78 is 0. The molecule has 1 aromatic carbocycles. The Balaban J connectivity index is 0.000000200. The molecule has 2 aromatic heterocycles. The number of carboxylic acids is 2. The van der Waals surface area contributed by atoms with Gasteiger partial charge in [-0.2, -0.15) is 0 Å². The van der Waals surface area contributed by atoms with E-state index in [0.29, 0.717) is 0 Å². The number of H-pyrrole nitrogens is 4. The van der Waals surface area contributed by atoms with Gasteiger partial charge in [0.25, 0.3) is 0 Å². The first-order valence-corrected chi connectivity index (χ1v) is 6.95. The highest BCUT2D eigenvalue weighted by molar-refractivity contribution is 5.89. The second-order valence-electron chi connectivity index (χ2n) is 4.72. The summed E-state index contributed by atoms with van der Waals surface area (Å²) in [6.45, 7) is 3.99. The van der Waals surface area contributed by atoms with Crippen molar-refractivity contribution in [2.24, 2.45) is 0 Å².